The van der Waals surface area contributed by atoms with E-state index in [1.165, 1.54) is 0 Å². The largest absolute Gasteiger partial charge is 0.462 e. The van der Waals surface area contributed by atoms with Crippen LogP contribution in [-0.2, 0) is 14.3 Å². The lowest BCUT2D eigenvalue weighted by Crippen LogP contribution is -2.38. The minimum Gasteiger partial charge on any atom is -0.462 e. The van der Waals surface area contributed by atoms with Gasteiger partial charge in [0.1, 0.15) is 6.10 Å². The summed E-state index contributed by atoms with van der Waals surface area (Å²) in [4.78, 5) is 25.7. The number of carbonyl (C=O) groups excluding carboxylic acids is 2. The summed E-state index contributed by atoms with van der Waals surface area (Å²) >= 11 is 0. The van der Waals surface area contributed by atoms with E-state index < -0.39 is 0 Å². The highest BCUT2D eigenvalue weighted by Gasteiger charge is 2.46. The normalized spacial score (nSPS) is 23.8. The molecule has 2 fully saturated rings. The summed E-state index contributed by atoms with van der Waals surface area (Å²) in [6, 6.07) is 7.70. The lowest BCUT2D eigenvalue weighted by atomic mass is 10.1. The number of carbonyl (C=O) groups is 2. The smallest absolute Gasteiger partial charge is 0.311 e. The fraction of sp³-hybridized carbons (Fsp3) is 0.579. The predicted molar refractivity (Wildman–Crippen MR) is 91.3 cm³/mol. The van der Waals surface area contributed by atoms with E-state index in [2.05, 4.69) is 4.90 Å². The van der Waals surface area contributed by atoms with Crippen LogP contribution >= 0.6 is 0 Å². The number of nitrogens with zero attached hydrogens (tertiary/aromatic N) is 1. The Labute approximate surface area is 142 Å². The number of hydrogen-bond donors (Lipinski definition) is 0. The van der Waals surface area contributed by atoms with Crippen molar-refractivity contribution in [2.24, 2.45) is 5.92 Å². The second kappa shape index (κ2) is 7.34. The van der Waals surface area contributed by atoms with Crippen LogP contribution in [0.15, 0.2) is 24.3 Å². The molecule has 0 unspecified atom stereocenters. The summed E-state index contributed by atoms with van der Waals surface area (Å²) in [5.41, 5.74) is 1.85. The summed E-state index contributed by atoms with van der Waals surface area (Å²) in [5.74, 6) is -0.0718. The van der Waals surface area contributed by atoms with Crippen LogP contribution in [0, 0.1) is 5.92 Å². The van der Waals surface area contributed by atoms with Gasteiger partial charge in [-0.2, -0.15) is 0 Å². The van der Waals surface area contributed by atoms with E-state index in [4.69, 9.17) is 9.47 Å². The number of hydrogen-bond acceptors (Lipinski definition) is 5. The van der Waals surface area contributed by atoms with Crippen LogP contribution in [0.5, 0.6) is 0 Å². The van der Waals surface area contributed by atoms with E-state index >= 15 is 0 Å². The van der Waals surface area contributed by atoms with Crippen molar-refractivity contribution in [3.63, 3.8) is 0 Å². The van der Waals surface area contributed by atoms with Crippen LogP contribution in [0.25, 0.3) is 0 Å². The fourth-order valence-electron chi connectivity index (χ4n) is 3.21. The molecule has 1 aromatic carbocycles. The van der Waals surface area contributed by atoms with Gasteiger partial charge in [0, 0.05) is 43.8 Å². The molecule has 0 radical (unpaired) electrons. The van der Waals surface area contributed by atoms with Crippen molar-refractivity contribution in [3.8, 4) is 0 Å². The molecule has 2 atom stereocenters. The number of anilines is 1. The molecule has 0 aromatic heterocycles. The van der Waals surface area contributed by atoms with E-state index in [0.717, 1.165) is 43.6 Å². The minimum atomic E-state index is -0.0993. The molecule has 3 rings (SSSR count). The first-order valence-corrected chi connectivity index (χ1v) is 8.76. The first-order valence-electron chi connectivity index (χ1n) is 8.76. The average Bonchev–Trinajstić information content (AvgIpc) is 3.35. The molecule has 1 aromatic rings. The summed E-state index contributed by atoms with van der Waals surface area (Å²) in [6.45, 7) is 5.88. The molecule has 2 aliphatic rings. The van der Waals surface area contributed by atoms with Crippen molar-refractivity contribution in [1.82, 2.24) is 0 Å². The number of Topliss-reactive ketones (excluding diaryl/α,β-unsaturated/α-hetero) is 1. The maximum absolute atomic E-state index is 12.1. The molecule has 5 heteroatoms. The first kappa shape index (κ1) is 17.0. The van der Waals surface area contributed by atoms with E-state index in [0.29, 0.717) is 6.61 Å². The van der Waals surface area contributed by atoms with Gasteiger partial charge in [-0.05, 0) is 44.5 Å². The third-order valence-corrected chi connectivity index (χ3v) is 4.78. The van der Waals surface area contributed by atoms with E-state index in [1.807, 2.05) is 31.2 Å². The van der Waals surface area contributed by atoms with Crippen molar-refractivity contribution in [2.45, 2.75) is 45.3 Å². The van der Waals surface area contributed by atoms with Gasteiger partial charge in [0.2, 0.25) is 0 Å². The van der Waals surface area contributed by atoms with Crippen LogP contribution in [0.2, 0.25) is 0 Å². The molecule has 0 N–H and O–H groups in total. The van der Waals surface area contributed by atoms with Crippen molar-refractivity contribution in [1.29, 1.82) is 0 Å². The lowest BCUT2D eigenvalue weighted by Gasteiger charge is -2.33. The highest BCUT2D eigenvalue weighted by Crippen LogP contribution is 2.35. The molecule has 24 heavy (non-hydrogen) atoms. The number of rotatable bonds is 6. The molecular formula is C19H25NO4. The van der Waals surface area contributed by atoms with Gasteiger partial charge in [0.25, 0.3) is 0 Å². The van der Waals surface area contributed by atoms with Crippen LogP contribution in [0.4, 0.5) is 5.69 Å². The Morgan fingerprint density at radius 1 is 1.17 bits per heavy atom. The summed E-state index contributed by atoms with van der Waals surface area (Å²) < 4.78 is 11.1. The number of ketones is 1. The number of ether oxygens (including phenoxy) is 2. The van der Waals surface area contributed by atoms with Gasteiger partial charge >= 0.3 is 5.97 Å². The van der Waals surface area contributed by atoms with Gasteiger partial charge in [-0.3, -0.25) is 9.59 Å². The predicted octanol–water partition coefficient (Wildman–Crippen LogP) is 2.83. The molecule has 130 valence electrons. The van der Waals surface area contributed by atoms with E-state index in [-0.39, 0.29) is 29.9 Å². The van der Waals surface area contributed by atoms with Gasteiger partial charge in [0.15, 0.2) is 5.78 Å². The van der Waals surface area contributed by atoms with Crippen LogP contribution in [0.3, 0.4) is 0 Å². The first-order chi connectivity index (χ1) is 11.6. The zero-order chi connectivity index (χ0) is 17.1. The summed E-state index contributed by atoms with van der Waals surface area (Å²) in [7, 11) is 0. The van der Waals surface area contributed by atoms with Gasteiger partial charge in [-0.25, -0.2) is 0 Å². The Kier molecular flexibility index (Phi) is 5.19. The molecule has 1 heterocycles. The second-order valence-electron chi connectivity index (χ2n) is 6.56. The number of benzene rings is 1. The molecule has 1 aliphatic heterocycles. The Hall–Kier alpha value is -1.88. The summed E-state index contributed by atoms with van der Waals surface area (Å²) in [6.07, 6.45) is 2.56. The van der Waals surface area contributed by atoms with Crippen LogP contribution < -0.4 is 4.90 Å². The molecule has 5 nitrogen and oxygen atoms in total. The van der Waals surface area contributed by atoms with Crippen molar-refractivity contribution in [3.05, 3.63) is 29.8 Å². The van der Waals surface area contributed by atoms with Crippen molar-refractivity contribution >= 4 is 17.4 Å². The fourth-order valence-corrected chi connectivity index (χ4v) is 3.21. The van der Waals surface area contributed by atoms with Crippen molar-refractivity contribution in [2.75, 3.05) is 24.6 Å². The Balaban J connectivity index is 1.45. The van der Waals surface area contributed by atoms with E-state index in [9.17, 15) is 9.59 Å². The zero-order valence-electron chi connectivity index (χ0n) is 14.4. The molecule has 1 saturated carbocycles. The number of esters is 1. The monoisotopic (exact) mass is 331 g/mol. The molecular weight excluding hydrogens is 306 g/mol. The Morgan fingerprint density at radius 2 is 1.83 bits per heavy atom. The maximum atomic E-state index is 12.1. The van der Waals surface area contributed by atoms with Gasteiger partial charge < -0.3 is 14.4 Å². The standard InChI is InChI=1S/C19H25NO4/c1-3-23-18-12-17(18)19(22)24-16-8-10-20(11-9-16)15-6-4-14(5-7-15)13(2)21/h4-7,16-18H,3,8-12H2,1-2H3/t17-,18+/m0/s1. The quantitative estimate of drug-likeness (QED) is 0.593. The topological polar surface area (TPSA) is 55.8 Å². The van der Waals surface area contributed by atoms with Crippen LogP contribution in [-0.4, -0.2) is 43.7 Å². The molecule has 0 spiro atoms. The minimum absolute atomic E-state index is 0.00752. The average molecular weight is 331 g/mol. The molecule has 1 saturated heterocycles. The third-order valence-electron chi connectivity index (χ3n) is 4.78. The molecule has 1 aliphatic carbocycles. The van der Waals surface area contributed by atoms with Crippen LogP contribution in [0.1, 0.15) is 43.5 Å². The molecule has 0 bridgehead atoms. The van der Waals surface area contributed by atoms with Gasteiger partial charge in [-0.1, -0.05) is 0 Å². The molecule has 0 amide bonds. The Morgan fingerprint density at radius 3 is 2.42 bits per heavy atom. The zero-order valence-corrected chi connectivity index (χ0v) is 14.4. The maximum Gasteiger partial charge on any atom is 0.311 e. The second-order valence-corrected chi connectivity index (χ2v) is 6.56. The van der Waals surface area contributed by atoms with Crippen molar-refractivity contribution < 1.29 is 19.1 Å². The lowest BCUT2D eigenvalue weighted by molar-refractivity contribution is -0.152. The third kappa shape index (κ3) is 3.96. The van der Waals surface area contributed by atoms with E-state index in [1.54, 1.807) is 6.92 Å². The number of piperidine rings is 1. The highest BCUT2D eigenvalue weighted by molar-refractivity contribution is 5.94. The highest BCUT2D eigenvalue weighted by atomic mass is 16.6. The Bertz CT molecular complexity index is 590. The summed E-state index contributed by atoms with van der Waals surface area (Å²) in [5, 5.41) is 0. The van der Waals surface area contributed by atoms with Gasteiger partial charge in [0.05, 0.1) is 12.0 Å². The van der Waals surface area contributed by atoms with Gasteiger partial charge in [-0.15, -0.1) is 0 Å². The SMILES string of the molecule is CCO[C@@H]1C[C@@H]1C(=O)OC1CCN(c2ccc(C(C)=O)cc2)CC1.